The van der Waals surface area contributed by atoms with Crippen LogP contribution in [0, 0.1) is 5.92 Å². The van der Waals surface area contributed by atoms with E-state index < -0.39 is 5.60 Å². The summed E-state index contributed by atoms with van der Waals surface area (Å²) >= 11 is 0. The maximum atomic E-state index is 10.3. The molecule has 2 N–H and O–H groups in total. The molecule has 1 unspecified atom stereocenters. The van der Waals surface area contributed by atoms with Crippen LogP contribution in [0.15, 0.2) is 0 Å². The van der Waals surface area contributed by atoms with Gasteiger partial charge in [0, 0.05) is 20.2 Å². The molecule has 0 amide bonds. The van der Waals surface area contributed by atoms with Crippen molar-refractivity contribution >= 4 is 0 Å². The quantitative estimate of drug-likeness (QED) is 0.661. The van der Waals surface area contributed by atoms with E-state index in [4.69, 9.17) is 4.74 Å². The van der Waals surface area contributed by atoms with Crippen molar-refractivity contribution in [1.29, 1.82) is 0 Å². The predicted molar refractivity (Wildman–Crippen MR) is 61.9 cm³/mol. The van der Waals surface area contributed by atoms with Crippen molar-refractivity contribution in [3.8, 4) is 0 Å². The highest BCUT2D eigenvalue weighted by Gasteiger charge is 2.32. The first-order chi connectivity index (χ1) is 7.17. The smallest absolute Gasteiger partial charge is 0.0771 e. The molecule has 0 saturated heterocycles. The highest BCUT2D eigenvalue weighted by molar-refractivity contribution is 4.86. The third-order valence-electron chi connectivity index (χ3n) is 3.45. The van der Waals surface area contributed by atoms with Crippen molar-refractivity contribution in [3.63, 3.8) is 0 Å². The fourth-order valence-corrected chi connectivity index (χ4v) is 2.38. The first-order valence-electron chi connectivity index (χ1n) is 6.09. The van der Waals surface area contributed by atoms with E-state index in [0.29, 0.717) is 19.1 Å². The minimum absolute atomic E-state index is 0.473. The molecule has 0 bridgehead atoms. The zero-order valence-electron chi connectivity index (χ0n) is 10.1. The van der Waals surface area contributed by atoms with E-state index in [2.05, 4.69) is 5.32 Å². The fraction of sp³-hybridized carbons (Fsp3) is 1.00. The van der Waals surface area contributed by atoms with Crippen LogP contribution < -0.4 is 5.32 Å². The Hall–Kier alpha value is -0.120. The summed E-state index contributed by atoms with van der Waals surface area (Å²) in [6.07, 6.45) is 6.25. The number of hydrogen-bond acceptors (Lipinski definition) is 3. The van der Waals surface area contributed by atoms with E-state index in [-0.39, 0.29) is 0 Å². The molecule has 1 saturated carbocycles. The summed E-state index contributed by atoms with van der Waals surface area (Å²) in [6.45, 7) is 4.17. The van der Waals surface area contributed by atoms with Crippen molar-refractivity contribution in [2.45, 2.75) is 44.6 Å². The molecule has 0 spiro atoms. The van der Waals surface area contributed by atoms with Crippen molar-refractivity contribution in [2.75, 3.05) is 26.8 Å². The van der Waals surface area contributed by atoms with Crippen LogP contribution in [-0.4, -0.2) is 37.5 Å². The molecule has 1 atom stereocenters. The van der Waals surface area contributed by atoms with Crippen LogP contribution >= 0.6 is 0 Å². The molecule has 3 nitrogen and oxygen atoms in total. The van der Waals surface area contributed by atoms with Gasteiger partial charge in [0.15, 0.2) is 0 Å². The largest absolute Gasteiger partial charge is 0.389 e. The zero-order chi connectivity index (χ0) is 11.1. The Morgan fingerprint density at radius 2 is 2.00 bits per heavy atom. The lowest BCUT2D eigenvalue weighted by atomic mass is 9.78. The SMILES string of the molecule is COCCNCC(C)(O)C1CCCCC1. The highest BCUT2D eigenvalue weighted by atomic mass is 16.5. The van der Waals surface area contributed by atoms with Crippen LogP contribution in [0.1, 0.15) is 39.0 Å². The van der Waals surface area contributed by atoms with Crippen molar-refractivity contribution in [2.24, 2.45) is 5.92 Å². The predicted octanol–water partition coefficient (Wildman–Crippen LogP) is 1.55. The normalized spacial score (nSPS) is 22.6. The molecule has 3 heteroatoms. The molecule has 15 heavy (non-hydrogen) atoms. The second-order valence-corrected chi connectivity index (χ2v) is 4.86. The van der Waals surface area contributed by atoms with E-state index >= 15 is 0 Å². The van der Waals surface area contributed by atoms with Crippen LogP contribution in [0.25, 0.3) is 0 Å². The third-order valence-corrected chi connectivity index (χ3v) is 3.45. The summed E-state index contributed by atoms with van der Waals surface area (Å²) in [4.78, 5) is 0. The van der Waals surface area contributed by atoms with E-state index in [1.54, 1.807) is 7.11 Å². The average Bonchev–Trinajstić information content (AvgIpc) is 2.26. The number of nitrogens with one attached hydrogen (secondary N) is 1. The van der Waals surface area contributed by atoms with Gasteiger partial charge in [-0.25, -0.2) is 0 Å². The van der Waals surface area contributed by atoms with Crippen LogP contribution in [0.4, 0.5) is 0 Å². The summed E-state index contributed by atoms with van der Waals surface area (Å²) in [5.74, 6) is 0.473. The summed E-state index contributed by atoms with van der Waals surface area (Å²) in [5.41, 5.74) is -0.547. The Balaban J connectivity index is 2.23. The lowest BCUT2D eigenvalue weighted by Gasteiger charge is -2.35. The molecule has 1 aliphatic rings. The summed E-state index contributed by atoms with van der Waals surface area (Å²) in [5, 5.41) is 13.6. The lowest BCUT2D eigenvalue weighted by molar-refractivity contribution is -0.0159. The number of hydrogen-bond donors (Lipinski definition) is 2. The second kappa shape index (κ2) is 6.46. The molecule has 1 aliphatic carbocycles. The van der Waals surface area contributed by atoms with Crippen LogP contribution in [-0.2, 0) is 4.74 Å². The molecule has 0 aromatic heterocycles. The molecule has 1 rings (SSSR count). The van der Waals surface area contributed by atoms with Gasteiger partial charge in [-0.15, -0.1) is 0 Å². The lowest BCUT2D eigenvalue weighted by Crippen LogP contribution is -2.45. The second-order valence-electron chi connectivity index (χ2n) is 4.86. The van der Waals surface area contributed by atoms with E-state index in [1.807, 2.05) is 6.92 Å². The topological polar surface area (TPSA) is 41.5 Å². The summed E-state index contributed by atoms with van der Waals surface area (Å²) in [7, 11) is 1.70. The number of methoxy groups -OCH3 is 1. The first kappa shape index (κ1) is 12.9. The van der Waals surface area contributed by atoms with Crippen LogP contribution in [0.2, 0.25) is 0 Å². The van der Waals surface area contributed by atoms with Crippen LogP contribution in [0.3, 0.4) is 0 Å². The summed E-state index contributed by atoms with van der Waals surface area (Å²) in [6, 6.07) is 0. The van der Waals surface area contributed by atoms with E-state index in [9.17, 15) is 5.11 Å². The Morgan fingerprint density at radius 1 is 1.33 bits per heavy atom. The van der Waals surface area contributed by atoms with Crippen molar-refractivity contribution < 1.29 is 9.84 Å². The molecule has 0 aromatic rings. The molecular weight excluding hydrogens is 190 g/mol. The maximum Gasteiger partial charge on any atom is 0.0771 e. The van der Waals surface area contributed by atoms with Gasteiger partial charge in [0.25, 0.3) is 0 Å². The maximum absolute atomic E-state index is 10.3. The van der Waals surface area contributed by atoms with Crippen molar-refractivity contribution in [3.05, 3.63) is 0 Å². The highest BCUT2D eigenvalue weighted by Crippen LogP contribution is 2.32. The monoisotopic (exact) mass is 215 g/mol. The van der Waals surface area contributed by atoms with Gasteiger partial charge in [0.2, 0.25) is 0 Å². The van der Waals surface area contributed by atoms with Gasteiger partial charge in [0.05, 0.1) is 12.2 Å². The van der Waals surface area contributed by atoms with E-state index in [0.717, 1.165) is 6.54 Å². The number of rotatable bonds is 6. The molecule has 90 valence electrons. The molecular formula is C12H25NO2. The first-order valence-corrected chi connectivity index (χ1v) is 6.09. The fourth-order valence-electron chi connectivity index (χ4n) is 2.38. The van der Waals surface area contributed by atoms with Gasteiger partial charge in [-0.1, -0.05) is 19.3 Å². The molecule has 0 aromatic carbocycles. The van der Waals surface area contributed by atoms with Gasteiger partial charge in [-0.3, -0.25) is 0 Å². The number of ether oxygens (including phenoxy) is 1. The molecule has 1 fully saturated rings. The molecule has 0 radical (unpaired) electrons. The average molecular weight is 215 g/mol. The molecule has 0 heterocycles. The summed E-state index contributed by atoms with van der Waals surface area (Å²) < 4.78 is 4.96. The Bertz CT molecular complexity index is 165. The van der Waals surface area contributed by atoms with Gasteiger partial charge >= 0.3 is 0 Å². The Kier molecular flexibility index (Phi) is 5.58. The van der Waals surface area contributed by atoms with Gasteiger partial charge < -0.3 is 15.2 Å². The minimum atomic E-state index is -0.547. The van der Waals surface area contributed by atoms with Gasteiger partial charge in [0.1, 0.15) is 0 Å². The van der Waals surface area contributed by atoms with Gasteiger partial charge in [-0.2, -0.15) is 0 Å². The zero-order valence-corrected chi connectivity index (χ0v) is 10.1. The molecule has 0 aliphatic heterocycles. The van der Waals surface area contributed by atoms with Crippen LogP contribution in [0.5, 0.6) is 0 Å². The minimum Gasteiger partial charge on any atom is -0.389 e. The van der Waals surface area contributed by atoms with E-state index in [1.165, 1.54) is 32.1 Å². The van der Waals surface area contributed by atoms with Gasteiger partial charge in [-0.05, 0) is 25.7 Å². The Morgan fingerprint density at radius 3 is 2.60 bits per heavy atom. The standard InChI is InChI=1S/C12H25NO2/c1-12(14,10-13-8-9-15-2)11-6-4-3-5-7-11/h11,13-14H,3-10H2,1-2H3. The Labute approximate surface area is 93.2 Å². The van der Waals surface area contributed by atoms with Crippen molar-refractivity contribution in [1.82, 2.24) is 5.32 Å². The number of aliphatic hydroxyl groups is 1. The third kappa shape index (κ3) is 4.49.